The Labute approximate surface area is 233 Å². The van der Waals surface area contributed by atoms with Gasteiger partial charge in [0.25, 0.3) is 0 Å². The van der Waals surface area contributed by atoms with Crippen molar-refractivity contribution in [1.29, 1.82) is 0 Å². The van der Waals surface area contributed by atoms with E-state index in [-0.39, 0.29) is 37.9 Å². The Hall–Kier alpha value is -4.11. The van der Waals surface area contributed by atoms with Gasteiger partial charge in [0.05, 0.1) is 0 Å². The number of non-ortho nitro benzene ring substituents is 1. The molecule has 0 spiro atoms. The van der Waals surface area contributed by atoms with E-state index in [2.05, 4.69) is 4.99 Å². The Morgan fingerprint density at radius 1 is 0.872 bits per heavy atom. The molecule has 8 nitrogen and oxygen atoms in total. The number of carbonyl (C=O) groups is 1. The summed E-state index contributed by atoms with van der Waals surface area (Å²) in [6, 6.07) is 32.8. The van der Waals surface area contributed by atoms with Crippen LogP contribution in [0.25, 0.3) is 0 Å². The summed E-state index contributed by atoms with van der Waals surface area (Å²) >= 11 is -0.350. The van der Waals surface area contributed by atoms with Gasteiger partial charge >= 0.3 is 234 Å². The second-order valence-corrected chi connectivity index (χ2v) is 12.8. The van der Waals surface area contributed by atoms with E-state index in [4.69, 9.17) is 0 Å². The molecular weight excluding hydrogens is 581 g/mol. The topological polar surface area (TPSA) is 110 Å². The molecule has 0 aliphatic heterocycles. The van der Waals surface area contributed by atoms with E-state index in [9.17, 15) is 23.3 Å². The van der Waals surface area contributed by atoms with Gasteiger partial charge in [0.15, 0.2) is 0 Å². The molecule has 0 fully saturated rings. The first-order valence-electron chi connectivity index (χ1n) is 11.9. The molecule has 4 aromatic carbocycles. The van der Waals surface area contributed by atoms with Gasteiger partial charge in [-0.15, -0.1) is 0 Å². The molecule has 198 valence electrons. The number of benzene rings is 4. The number of nitro groups is 1. The first-order valence-corrected chi connectivity index (χ1v) is 15.2. The molecule has 1 unspecified atom stereocenters. The van der Waals surface area contributed by atoms with Gasteiger partial charge in [0.2, 0.25) is 0 Å². The van der Waals surface area contributed by atoms with Gasteiger partial charge in [0, 0.05) is 0 Å². The first kappa shape index (κ1) is 27.9. The van der Waals surface area contributed by atoms with Gasteiger partial charge in [-0.05, 0) is 0 Å². The van der Waals surface area contributed by atoms with E-state index in [1.807, 2.05) is 66.7 Å². The molecule has 0 aliphatic carbocycles. The molecule has 10 heteroatoms. The molecule has 0 radical (unpaired) electrons. The van der Waals surface area contributed by atoms with Crippen LogP contribution < -0.4 is 4.46 Å². The van der Waals surface area contributed by atoms with E-state index in [0.29, 0.717) is 5.56 Å². The van der Waals surface area contributed by atoms with E-state index in [0.717, 1.165) is 26.5 Å². The number of aliphatic imine (C=N–C) groups is 1. The van der Waals surface area contributed by atoms with Crippen LogP contribution in [0, 0.1) is 10.1 Å². The second kappa shape index (κ2) is 12.6. The fraction of sp³-hybridized carbons (Fsp3) is 0.103. The van der Waals surface area contributed by atoms with Crippen molar-refractivity contribution in [1.82, 2.24) is 4.31 Å². The zero-order chi connectivity index (χ0) is 27.8. The fourth-order valence-corrected chi connectivity index (χ4v) is 7.89. The predicted molar refractivity (Wildman–Crippen MR) is 151 cm³/mol. The Morgan fingerprint density at radius 3 is 1.95 bits per heavy atom. The predicted octanol–water partition coefficient (Wildman–Crippen LogP) is 4.50. The Morgan fingerprint density at radius 2 is 1.41 bits per heavy atom. The molecule has 0 aromatic heterocycles. The number of nitrogens with zero attached hydrogens (tertiary/aromatic N) is 3. The van der Waals surface area contributed by atoms with Crippen molar-refractivity contribution in [3.05, 3.63) is 137 Å². The molecule has 0 bridgehead atoms. The Kier molecular flexibility index (Phi) is 9.03. The molecule has 0 saturated carbocycles. The number of rotatable bonds is 9. The van der Waals surface area contributed by atoms with Gasteiger partial charge in [-0.3, -0.25) is 0 Å². The van der Waals surface area contributed by atoms with E-state index in [1.54, 1.807) is 24.3 Å². The number of amidine groups is 1. The van der Waals surface area contributed by atoms with Gasteiger partial charge in [-0.1, -0.05) is 0 Å². The summed E-state index contributed by atoms with van der Waals surface area (Å²) in [4.78, 5) is 26.7. The van der Waals surface area contributed by atoms with Gasteiger partial charge in [-0.2, -0.15) is 0 Å². The van der Waals surface area contributed by atoms with Crippen LogP contribution in [-0.2, 0) is 21.4 Å². The molecular formula is C29H25N3O5SSe. The quantitative estimate of drug-likeness (QED) is 0.0917. The summed E-state index contributed by atoms with van der Waals surface area (Å²) in [6.07, 6.45) is 0. The van der Waals surface area contributed by atoms with Crippen LogP contribution in [0.2, 0.25) is 0 Å². The van der Waals surface area contributed by atoms with E-state index in [1.165, 1.54) is 19.1 Å². The van der Waals surface area contributed by atoms with Crippen molar-refractivity contribution < 1.29 is 18.1 Å². The van der Waals surface area contributed by atoms with Gasteiger partial charge < -0.3 is 0 Å². The molecule has 0 saturated heterocycles. The zero-order valence-corrected chi connectivity index (χ0v) is 23.5. The summed E-state index contributed by atoms with van der Waals surface area (Å²) in [5.41, 5.74) is 1.28. The van der Waals surface area contributed by atoms with Crippen LogP contribution in [0.5, 0.6) is 0 Å². The average molecular weight is 607 g/mol. The summed E-state index contributed by atoms with van der Waals surface area (Å²) in [5, 5.41) is 11.2. The van der Waals surface area contributed by atoms with Crippen molar-refractivity contribution in [2.24, 2.45) is 4.99 Å². The van der Waals surface area contributed by atoms with Gasteiger partial charge in [0.1, 0.15) is 0 Å². The van der Waals surface area contributed by atoms with Crippen LogP contribution in [0.4, 0.5) is 5.69 Å². The maximum absolute atomic E-state index is 14.2. The first-order chi connectivity index (χ1) is 18.8. The van der Waals surface area contributed by atoms with Crippen molar-refractivity contribution in [2.75, 3.05) is 0 Å². The molecule has 0 N–H and O–H groups in total. The molecule has 39 heavy (non-hydrogen) atoms. The summed E-state index contributed by atoms with van der Waals surface area (Å²) in [6.45, 7) is 1.21. The van der Waals surface area contributed by atoms with Crippen LogP contribution in [0.15, 0.2) is 125 Å². The van der Waals surface area contributed by atoms with Crippen molar-refractivity contribution in [2.45, 2.75) is 23.2 Å². The normalized spacial score (nSPS) is 12.5. The standard InChI is InChI=1S/C29H25N3O5SSe/c1-22(33)30-29(28(24-13-7-3-8-14-24)39-27-15-9-4-10-16-27)31(21-23-11-5-2-6-12-23)38(36,37)26-19-17-25(18-20-26)32(34)35/h2-20,28H,21H2,1H3. The summed E-state index contributed by atoms with van der Waals surface area (Å²) in [7, 11) is -4.29. The summed E-state index contributed by atoms with van der Waals surface area (Å²) in [5.74, 6) is -0.438. The van der Waals surface area contributed by atoms with Crippen molar-refractivity contribution >= 4 is 46.9 Å². The molecule has 0 heterocycles. The molecule has 0 aliphatic rings. The third-order valence-electron chi connectivity index (χ3n) is 5.67. The third-order valence-corrected chi connectivity index (χ3v) is 10.1. The number of carbonyl (C=O) groups excluding carboxylic acids is 1. The second-order valence-electron chi connectivity index (χ2n) is 8.46. The minimum atomic E-state index is -4.29. The monoisotopic (exact) mass is 607 g/mol. The van der Waals surface area contributed by atoms with Crippen LogP contribution >= 0.6 is 0 Å². The van der Waals surface area contributed by atoms with Crippen molar-refractivity contribution in [3.63, 3.8) is 0 Å². The van der Waals surface area contributed by atoms with E-state index >= 15 is 0 Å². The third kappa shape index (κ3) is 7.06. The molecule has 1 atom stereocenters. The Balaban J connectivity index is 1.91. The minimum absolute atomic E-state index is 0.0829. The Bertz CT molecular complexity index is 1560. The summed E-state index contributed by atoms with van der Waals surface area (Å²) < 4.78 is 30.6. The number of amides is 1. The van der Waals surface area contributed by atoms with E-state index < -0.39 is 25.7 Å². The number of sulfonamides is 1. The zero-order valence-electron chi connectivity index (χ0n) is 21.0. The molecule has 1 amide bonds. The van der Waals surface area contributed by atoms with Crippen LogP contribution in [0.3, 0.4) is 0 Å². The van der Waals surface area contributed by atoms with Crippen LogP contribution in [0.1, 0.15) is 22.9 Å². The molecule has 4 rings (SSSR count). The van der Waals surface area contributed by atoms with Crippen molar-refractivity contribution in [3.8, 4) is 0 Å². The number of nitro benzene ring substituents is 1. The maximum atomic E-state index is 14.2. The van der Waals surface area contributed by atoms with Gasteiger partial charge in [-0.25, -0.2) is 0 Å². The number of hydrogen-bond acceptors (Lipinski definition) is 5. The average Bonchev–Trinajstić information content (AvgIpc) is 2.95. The molecule has 4 aromatic rings. The fourth-order valence-electron chi connectivity index (χ4n) is 3.84. The number of hydrogen-bond donors (Lipinski definition) is 0. The van der Waals surface area contributed by atoms with Crippen LogP contribution in [-0.4, -0.2) is 44.3 Å². The SMILES string of the molecule is CC(=O)N=C(C([Se]c1ccccc1)c1ccccc1)N(Cc1ccccc1)S(=O)(=O)c1ccc([N+](=O)[O-])cc1.